The van der Waals surface area contributed by atoms with Gasteiger partial charge >= 0.3 is 0 Å². The van der Waals surface area contributed by atoms with Gasteiger partial charge in [0.15, 0.2) is 0 Å². The largest absolute Gasteiger partial charge is 0.507 e. The molecule has 0 saturated carbocycles. The van der Waals surface area contributed by atoms with Gasteiger partial charge in [-0.25, -0.2) is 12.8 Å². The number of aromatic hydroxyl groups is 1. The minimum Gasteiger partial charge on any atom is -0.507 e. The van der Waals surface area contributed by atoms with Crippen LogP contribution in [0.3, 0.4) is 0 Å². The van der Waals surface area contributed by atoms with Gasteiger partial charge < -0.3 is 10.4 Å². The molecule has 0 bridgehead atoms. The SMILES string of the molecule is O=C(Nc1ccc(N2CCCS2(=O)=O)c(F)c1)c1ccccc1O. The molecule has 1 aliphatic heterocycles. The van der Waals surface area contributed by atoms with E-state index in [1.165, 1.54) is 24.3 Å². The second kappa shape index (κ2) is 6.12. The van der Waals surface area contributed by atoms with E-state index in [-0.39, 0.29) is 35.0 Å². The summed E-state index contributed by atoms with van der Waals surface area (Å²) in [4.78, 5) is 12.1. The predicted molar refractivity (Wildman–Crippen MR) is 88.2 cm³/mol. The Labute approximate surface area is 138 Å². The molecule has 8 heteroatoms. The van der Waals surface area contributed by atoms with Gasteiger partial charge in [-0.2, -0.15) is 0 Å². The number of para-hydroxylation sites is 1. The van der Waals surface area contributed by atoms with E-state index >= 15 is 0 Å². The zero-order chi connectivity index (χ0) is 17.3. The van der Waals surface area contributed by atoms with E-state index in [0.29, 0.717) is 6.42 Å². The quantitative estimate of drug-likeness (QED) is 0.889. The van der Waals surface area contributed by atoms with Crippen molar-refractivity contribution in [3.63, 3.8) is 0 Å². The van der Waals surface area contributed by atoms with Crippen LogP contribution in [-0.4, -0.2) is 31.7 Å². The Morgan fingerprint density at radius 2 is 1.96 bits per heavy atom. The average molecular weight is 350 g/mol. The van der Waals surface area contributed by atoms with E-state index in [2.05, 4.69) is 5.32 Å². The number of nitrogens with zero attached hydrogens (tertiary/aromatic N) is 1. The van der Waals surface area contributed by atoms with Crippen LogP contribution in [0.5, 0.6) is 5.75 Å². The van der Waals surface area contributed by atoms with Crippen molar-refractivity contribution in [1.82, 2.24) is 0 Å². The molecular formula is C16H15FN2O4S. The molecule has 0 radical (unpaired) electrons. The van der Waals surface area contributed by atoms with E-state index < -0.39 is 21.7 Å². The fourth-order valence-corrected chi connectivity index (χ4v) is 4.13. The molecule has 1 heterocycles. The van der Waals surface area contributed by atoms with Gasteiger partial charge in [0.1, 0.15) is 11.6 Å². The summed E-state index contributed by atoms with van der Waals surface area (Å²) in [6.45, 7) is 0.239. The van der Waals surface area contributed by atoms with Crippen LogP contribution in [0.15, 0.2) is 42.5 Å². The van der Waals surface area contributed by atoms with Gasteiger partial charge in [0.25, 0.3) is 5.91 Å². The number of benzene rings is 2. The number of hydrogen-bond donors (Lipinski definition) is 2. The highest BCUT2D eigenvalue weighted by Gasteiger charge is 2.30. The summed E-state index contributed by atoms with van der Waals surface area (Å²) in [5, 5.41) is 12.1. The van der Waals surface area contributed by atoms with E-state index in [9.17, 15) is 22.7 Å². The van der Waals surface area contributed by atoms with Crippen molar-refractivity contribution >= 4 is 27.3 Å². The van der Waals surface area contributed by atoms with Crippen LogP contribution in [0.1, 0.15) is 16.8 Å². The number of sulfonamides is 1. The van der Waals surface area contributed by atoms with Crippen molar-refractivity contribution in [2.24, 2.45) is 0 Å². The lowest BCUT2D eigenvalue weighted by atomic mass is 10.2. The first-order valence-electron chi connectivity index (χ1n) is 7.28. The van der Waals surface area contributed by atoms with Crippen molar-refractivity contribution in [3.8, 4) is 5.75 Å². The lowest BCUT2D eigenvalue weighted by Gasteiger charge is -2.18. The summed E-state index contributed by atoms with van der Waals surface area (Å²) < 4.78 is 39.0. The van der Waals surface area contributed by atoms with Crippen molar-refractivity contribution in [3.05, 3.63) is 53.8 Å². The van der Waals surface area contributed by atoms with Crippen molar-refractivity contribution in [2.75, 3.05) is 21.9 Å². The molecule has 0 unspecified atom stereocenters. The molecule has 1 saturated heterocycles. The monoisotopic (exact) mass is 350 g/mol. The molecule has 24 heavy (non-hydrogen) atoms. The zero-order valence-corrected chi connectivity index (χ0v) is 13.4. The van der Waals surface area contributed by atoms with Crippen LogP contribution >= 0.6 is 0 Å². The zero-order valence-electron chi connectivity index (χ0n) is 12.6. The minimum atomic E-state index is -3.47. The smallest absolute Gasteiger partial charge is 0.259 e. The van der Waals surface area contributed by atoms with Crippen LogP contribution in [-0.2, 0) is 10.0 Å². The fraction of sp³-hybridized carbons (Fsp3) is 0.188. The Hall–Kier alpha value is -2.61. The molecule has 0 aliphatic carbocycles. The van der Waals surface area contributed by atoms with Gasteiger partial charge in [0, 0.05) is 12.2 Å². The van der Waals surface area contributed by atoms with E-state index in [0.717, 1.165) is 10.4 Å². The van der Waals surface area contributed by atoms with Gasteiger partial charge in [-0.15, -0.1) is 0 Å². The van der Waals surface area contributed by atoms with Crippen molar-refractivity contribution < 1.29 is 22.7 Å². The number of halogens is 1. The Bertz CT molecular complexity index is 899. The van der Waals surface area contributed by atoms with Gasteiger partial charge in [-0.3, -0.25) is 9.10 Å². The third-order valence-corrected chi connectivity index (χ3v) is 5.58. The maximum absolute atomic E-state index is 14.3. The summed E-state index contributed by atoms with van der Waals surface area (Å²) in [6, 6.07) is 9.78. The number of carbonyl (C=O) groups is 1. The molecule has 6 nitrogen and oxygen atoms in total. The fourth-order valence-electron chi connectivity index (χ4n) is 2.56. The third kappa shape index (κ3) is 3.05. The number of nitrogens with one attached hydrogen (secondary N) is 1. The number of hydrogen-bond acceptors (Lipinski definition) is 4. The molecule has 0 aromatic heterocycles. The Balaban J connectivity index is 1.83. The topological polar surface area (TPSA) is 86.7 Å². The normalized spacial score (nSPS) is 16.1. The highest BCUT2D eigenvalue weighted by molar-refractivity contribution is 7.93. The summed E-state index contributed by atoms with van der Waals surface area (Å²) in [5.41, 5.74) is 0.193. The van der Waals surface area contributed by atoms with Gasteiger partial charge in [0.2, 0.25) is 10.0 Å². The molecule has 0 atom stereocenters. The summed E-state index contributed by atoms with van der Waals surface area (Å²) in [7, 11) is -3.47. The van der Waals surface area contributed by atoms with Gasteiger partial charge in [0.05, 0.1) is 17.0 Å². The average Bonchev–Trinajstić information content (AvgIpc) is 2.87. The molecule has 0 spiro atoms. The first-order valence-corrected chi connectivity index (χ1v) is 8.89. The highest BCUT2D eigenvalue weighted by atomic mass is 32.2. The second-order valence-corrected chi connectivity index (χ2v) is 7.39. The lowest BCUT2D eigenvalue weighted by Crippen LogP contribution is -2.26. The second-order valence-electron chi connectivity index (χ2n) is 5.38. The number of carbonyl (C=O) groups excluding carboxylic acids is 1. The first kappa shape index (κ1) is 16.3. The molecule has 2 aromatic carbocycles. The molecule has 126 valence electrons. The molecular weight excluding hydrogens is 335 g/mol. The molecule has 2 aromatic rings. The number of phenols is 1. The minimum absolute atomic E-state index is 0.00177. The van der Waals surface area contributed by atoms with E-state index in [1.54, 1.807) is 12.1 Å². The molecule has 1 aliphatic rings. The summed E-state index contributed by atoms with van der Waals surface area (Å²) in [5.74, 6) is -1.52. The van der Waals surface area contributed by atoms with Crippen molar-refractivity contribution in [1.29, 1.82) is 0 Å². The standard InChI is InChI=1S/C16H15FN2O4S/c17-13-10-11(18-16(21)12-4-1-2-5-15(12)20)6-7-14(13)19-8-3-9-24(19,22)23/h1-2,4-7,10,20H,3,8-9H2,(H,18,21). The molecule has 1 amide bonds. The number of anilines is 2. The maximum atomic E-state index is 14.3. The number of rotatable bonds is 3. The van der Waals surface area contributed by atoms with Crippen LogP contribution in [0.25, 0.3) is 0 Å². The molecule has 1 fully saturated rings. The Morgan fingerprint density at radius 1 is 1.21 bits per heavy atom. The van der Waals surface area contributed by atoms with Crippen LogP contribution in [0.4, 0.5) is 15.8 Å². The van der Waals surface area contributed by atoms with Crippen LogP contribution in [0.2, 0.25) is 0 Å². The van der Waals surface area contributed by atoms with E-state index in [1.807, 2.05) is 0 Å². The third-order valence-electron chi connectivity index (χ3n) is 3.72. The Morgan fingerprint density at radius 3 is 2.58 bits per heavy atom. The van der Waals surface area contributed by atoms with E-state index in [4.69, 9.17) is 0 Å². The summed E-state index contributed by atoms with van der Waals surface area (Å²) in [6.07, 6.45) is 0.452. The van der Waals surface area contributed by atoms with Gasteiger partial charge in [-0.05, 0) is 36.8 Å². The molecule has 2 N–H and O–H groups in total. The lowest BCUT2D eigenvalue weighted by molar-refractivity contribution is 0.102. The maximum Gasteiger partial charge on any atom is 0.259 e. The summed E-state index contributed by atoms with van der Waals surface area (Å²) >= 11 is 0. The van der Waals surface area contributed by atoms with Crippen LogP contribution < -0.4 is 9.62 Å². The molecule has 3 rings (SSSR count). The Kier molecular flexibility index (Phi) is 4.15. The van der Waals surface area contributed by atoms with Crippen LogP contribution in [0, 0.1) is 5.82 Å². The van der Waals surface area contributed by atoms with Gasteiger partial charge in [-0.1, -0.05) is 12.1 Å². The number of phenolic OH excluding ortho intramolecular Hbond substituents is 1. The predicted octanol–water partition coefficient (Wildman–Crippen LogP) is 2.32. The number of amides is 1. The first-order chi connectivity index (χ1) is 11.4. The highest BCUT2D eigenvalue weighted by Crippen LogP contribution is 2.29. The van der Waals surface area contributed by atoms with Crippen molar-refractivity contribution in [2.45, 2.75) is 6.42 Å².